The lowest BCUT2D eigenvalue weighted by molar-refractivity contribution is 0.101. The summed E-state index contributed by atoms with van der Waals surface area (Å²) in [6.45, 7) is 0. The van der Waals surface area contributed by atoms with Gasteiger partial charge in [-0.25, -0.2) is 17.5 Å². The summed E-state index contributed by atoms with van der Waals surface area (Å²) >= 11 is 0. The van der Waals surface area contributed by atoms with E-state index >= 15 is 0 Å². The Morgan fingerprint density at radius 1 is 1.17 bits per heavy atom. The number of halogens is 1. The van der Waals surface area contributed by atoms with Gasteiger partial charge in [-0.3, -0.25) is 0 Å². The Labute approximate surface area is 106 Å². The Kier molecular flexibility index (Phi) is 3.99. The second-order valence-corrected chi connectivity index (χ2v) is 6.25. The zero-order valence-corrected chi connectivity index (χ0v) is 10.7. The lowest BCUT2D eigenvalue weighted by Crippen LogP contribution is -2.44. The molecule has 0 radical (unpaired) electrons. The topological polar surface area (TPSA) is 66.4 Å². The third-order valence-electron chi connectivity index (χ3n) is 3.16. The van der Waals surface area contributed by atoms with Crippen molar-refractivity contribution in [2.45, 2.75) is 42.7 Å². The minimum absolute atomic E-state index is 0.0154. The molecule has 0 amide bonds. The van der Waals surface area contributed by atoms with E-state index in [-0.39, 0.29) is 4.90 Å². The summed E-state index contributed by atoms with van der Waals surface area (Å²) < 4.78 is 39.2. The molecule has 2 atom stereocenters. The molecular formula is C12H16FNO3S. The van der Waals surface area contributed by atoms with E-state index in [1.807, 2.05) is 0 Å². The van der Waals surface area contributed by atoms with Crippen molar-refractivity contribution in [3.8, 4) is 0 Å². The number of hydrogen-bond acceptors (Lipinski definition) is 3. The van der Waals surface area contributed by atoms with Gasteiger partial charge in [0.05, 0.1) is 11.0 Å². The molecule has 0 spiro atoms. The fourth-order valence-electron chi connectivity index (χ4n) is 2.13. The minimum Gasteiger partial charge on any atom is -0.391 e. The summed E-state index contributed by atoms with van der Waals surface area (Å²) in [5, 5.41) is 9.74. The van der Waals surface area contributed by atoms with Crippen molar-refractivity contribution in [2.75, 3.05) is 0 Å². The van der Waals surface area contributed by atoms with Crippen molar-refractivity contribution in [2.24, 2.45) is 0 Å². The molecule has 0 aliphatic heterocycles. The van der Waals surface area contributed by atoms with Crippen molar-refractivity contribution < 1.29 is 17.9 Å². The van der Waals surface area contributed by atoms with Crippen LogP contribution < -0.4 is 4.72 Å². The number of nitrogens with one attached hydrogen (secondary N) is 1. The number of sulfonamides is 1. The molecule has 4 nitrogen and oxygen atoms in total. The van der Waals surface area contributed by atoms with E-state index in [1.54, 1.807) is 0 Å². The van der Waals surface area contributed by atoms with Gasteiger partial charge in [-0.2, -0.15) is 0 Å². The molecular weight excluding hydrogens is 257 g/mol. The van der Waals surface area contributed by atoms with Crippen molar-refractivity contribution in [1.82, 2.24) is 4.72 Å². The standard InChI is InChI=1S/C12H16FNO3S/c13-9-5-7-10(8-6-9)18(16,17)14-11-3-1-2-4-12(11)15/h5-8,11-12,14-15H,1-4H2/t11-,12-/m0/s1. The molecule has 6 heteroatoms. The first-order valence-electron chi connectivity index (χ1n) is 5.95. The highest BCUT2D eigenvalue weighted by molar-refractivity contribution is 7.89. The van der Waals surface area contributed by atoms with E-state index in [2.05, 4.69) is 4.72 Å². The molecule has 0 saturated heterocycles. The summed E-state index contributed by atoms with van der Waals surface area (Å²) in [5.74, 6) is -0.480. The highest BCUT2D eigenvalue weighted by Crippen LogP contribution is 2.20. The summed E-state index contributed by atoms with van der Waals surface area (Å²) in [4.78, 5) is 0.0154. The highest BCUT2D eigenvalue weighted by atomic mass is 32.2. The smallest absolute Gasteiger partial charge is 0.240 e. The van der Waals surface area contributed by atoms with Gasteiger partial charge >= 0.3 is 0 Å². The maximum Gasteiger partial charge on any atom is 0.240 e. The molecule has 1 aromatic carbocycles. The number of benzene rings is 1. The zero-order chi connectivity index (χ0) is 13.2. The van der Waals surface area contributed by atoms with Gasteiger partial charge in [0.25, 0.3) is 0 Å². The molecule has 0 heterocycles. The van der Waals surface area contributed by atoms with Gasteiger partial charge < -0.3 is 5.11 Å². The molecule has 1 saturated carbocycles. The predicted molar refractivity (Wildman–Crippen MR) is 65.0 cm³/mol. The first-order chi connectivity index (χ1) is 8.49. The van der Waals surface area contributed by atoms with Gasteiger partial charge in [0, 0.05) is 6.04 Å². The number of aliphatic hydroxyl groups excluding tert-OH is 1. The van der Waals surface area contributed by atoms with Gasteiger partial charge in [0.15, 0.2) is 0 Å². The Morgan fingerprint density at radius 2 is 1.78 bits per heavy atom. The van der Waals surface area contributed by atoms with Gasteiger partial charge in [0.1, 0.15) is 5.82 Å². The van der Waals surface area contributed by atoms with E-state index in [0.717, 1.165) is 25.0 Å². The second kappa shape index (κ2) is 5.34. The summed E-state index contributed by atoms with van der Waals surface area (Å²) in [6.07, 6.45) is 2.40. The Hall–Kier alpha value is -0.980. The van der Waals surface area contributed by atoms with E-state index in [4.69, 9.17) is 0 Å². The summed E-state index contributed by atoms with van der Waals surface area (Å²) in [6, 6.07) is 4.19. The van der Waals surface area contributed by atoms with Crippen LogP contribution in [0.5, 0.6) is 0 Å². The largest absolute Gasteiger partial charge is 0.391 e. The average Bonchev–Trinajstić information content (AvgIpc) is 2.32. The Morgan fingerprint density at radius 3 is 2.39 bits per heavy atom. The predicted octanol–water partition coefficient (Wildman–Crippen LogP) is 1.41. The lowest BCUT2D eigenvalue weighted by Gasteiger charge is -2.28. The van der Waals surface area contributed by atoms with E-state index in [1.165, 1.54) is 12.1 Å². The van der Waals surface area contributed by atoms with E-state index < -0.39 is 28.0 Å². The maximum atomic E-state index is 12.7. The minimum atomic E-state index is -3.69. The van der Waals surface area contributed by atoms with Gasteiger partial charge in [0.2, 0.25) is 10.0 Å². The van der Waals surface area contributed by atoms with Crippen LogP contribution in [-0.2, 0) is 10.0 Å². The van der Waals surface area contributed by atoms with Crippen LogP contribution in [0.3, 0.4) is 0 Å². The van der Waals surface area contributed by atoms with E-state index in [9.17, 15) is 17.9 Å². The maximum absolute atomic E-state index is 12.7. The fraction of sp³-hybridized carbons (Fsp3) is 0.500. The van der Waals surface area contributed by atoms with Crippen LogP contribution in [0.2, 0.25) is 0 Å². The molecule has 0 bridgehead atoms. The van der Waals surface area contributed by atoms with Crippen LogP contribution in [0.15, 0.2) is 29.2 Å². The van der Waals surface area contributed by atoms with Crippen LogP contribution in [0, 0.1) is 5.82 Å². The molecule has 1 fully saturated rings. The molecule has 2 N–H and O–H groups in total. The van der Waals surface area contributed by atoms with Gasteiger partial charge in [-0.15, -0.1) is 0 Å². The van der Waals surface area contributed by atoms with E-state index in [0.29, 0.717) is 12.8 Å². The normalized spacial score (nSPS) is 25.0. The summed E-state index contributed by atoms with van der Waals surface area (Å²) in [7, 11) is -3.69. The van der Waals surface area contributed by atoms with Gasteiger partial charge in [-0.05, 0) is 37.1 Å². The Bertz CT molecular complexity index is 501. The van der Waals surface area contributed by atoms with Crippen molar-refractivity contribution >= 4 is 10.0 Å². The monoisotopic (exact) mass is 273 g/mol. The third kappa shape index (κ3) is 3.07. The molecule has 0 unspecified atom stereocenters. The average molecular weight is 273 g/mol. The first kappa shape index (κ1) is 13.5. The Balaban J connectivity index is 2.13. The highest BCUT2D eigenvalue weighted by Gasteiger charge is 2.27. The van der Waals surface area contributed by atoms with Crippen molar-refractivity contribution in [1.29, 1.82) is 0 Å². The quantitative estimate of drug-likeness (QED) is 0.875. The molecule has 1 aromatic rings. The SMILES string of the molecule is O=S(=O)(N[C@H]1CCCC[C@@H]1O)c1ccc(F)cc1. The number of hydrogen-bond donors (Lipinski definition) is 2. The molecule has 2 rings (SSSR count). The molecule has 1 aliphatic rings. The van der Waals surface area contributed by atoms with Crippen LogP contribution >= 0.6 is 0 Å². The van der Waals surface area contributed by atoms with Crippen LogP contribution in [0.1, 0.15) is 25.7 Å². The molecule has 100 valence electrons. The number of rotatable bonds is 3. The summed E-state index contributed by atoms with van der Waals surface area (Å²) in [5.41, 5.74) is 0. The zero-order valence-electron chi connectivity index (χ0n) is 9.84. The van der Waals surface area contributed by atoms with Crippen molar-refractivity contribution in [3.05, 3.63) is 30.1 Å². The first-order valence-corrected chi connectivity index (χ1v) is 7.43. The van der Waals surface area contributed by atoms with Crippen molar-refractivity contribution in [3.63, 3.8) is 0 Å². The van der Waals surface area contributed by atoms with Crippen LogP contribution in [0.4, 0.5) is 4.39 Å². The van der Waals surface area contributed by atoms with Gasteiger partial charge in [-0.1, -0.05) is 12.8 Å². The molecule has 0 aromatic heterocycles. The van der Waals surface area contributed by atoms with Crippen LogP contribution in [0.25, 0.3) is 0 Å². The second-order valence-electron chi connectivity index (χ2n) is 4.53. The molecule has 18 heavy (non-hydrogen) atoms. The fourth-order valence-corrected chi connectivity index (χ4v) is 3.43. The third-order valence-corrected chi connectivity index (χ3v) is 4.67. The lowest BCUT2D eigenvalue weighted by atomic mass is 9.93. The number of aliphatic hydroxyl groups is 1. The molecule has 1 aliphatic carbocycles. The van der Waals surface area contributed by atoms with Crippen LogP contribution in [-0.4, -0.2) is 25.7 Å².